The second-order valence-corrected chi connectivity index (χ2v) is 9.81. The Balaban J connectivity index is 1.96. The third-order valence-electron chi connectivity index (χ3n) is 4.03. The van der Waals surface area contributed by atoms with Crippen molar-refractivity contribution in [1.82, 2.24) is 14.8 Å². The quantitative estimate of drug-likeness (QED) is 0.669. The largest absolute Gasteiger partial charge is 0.276 e. The Kier molecular flexibility index (Phi) is 4.21. The number of hydrogen-bond acceptors (Lipinski definition) is 6. The van der Waals surface area contributed by atoms with Crippen LogP contribution >= 0.6 is 22.9 Å². The van der Waals surface area contributed by atoms with Crippen LogP contribution in [0.4, 0.5) is 0 Å². The van der Waals surface area contributed by atoms with Gasteiger partial charge in [-0.1, -0.05) is 29.8 Å². The molecule has 9 heteroatoms. The second kappa shape index (κ2) is 6.29. The molecule has 2 aromatic heterocycles. The zero-order valence-corrected chi connectivity index (χ0v) is 16.5. The van der Waals surface area contributed by atoms with Crippen molar-refractivity contribution in [3.8, 4) is 5.00 Å². The molecular formula is C17H15ClN4O2S2. The zero-order valence-electron chi connectivity index (χ0n) is 14.1. The number of hydrogen-bond donors (Lipinski definition) is 0. The van der Waals surface area contributed by atoms with Crippen molar-refractivity contribution in [1.29, 1.82) is 0 Å². The van der Waals surface area contributed by atoms with Crippen LogP contribution in [-0.4, -0.2) is 35.1 Å². The molecule has 0 aliphatic carbocycles. The van der Waals surface area contributed by atoms with Gasteiger partial charge in [0, 0.05) is 27.3 Å². The number of thiophene rings is 1. The first-order valence-electron chi connectivity index (χ1n) is 7.85. The first kappa shape index (κ1) is 17.4. The molecule has 3 aromatic rings. The number of benzene rings is 1. The minimum atomic E-state index is -3.15. The zero-order chi connectivity index (χ0) is 18.5. The summed E-state index contributed by atoms with van der Waals surface area (Å²) in [6, 6.07) is 9.39. The highest BCUT2D eigenvalue weighted by atomic mass is 35.5. The van der Waals surface area contributed by atoms with Gasteiger partial charge in [-0.05, 0) is 19.1 Å². The lowest BCUT2D eigenvalue weighted by atomic mass is 10.0. The van der Waals surface area contributed by atoms with Crippen LogP contribution in [0.2, 0.25) is 5.02 Å². The molecular weight excluding hydrogens is 392 g/mol. The first-order valence-corrected chi connectivity index (χ1v) is 11.1. The fraction of sp³-hybridized carbons (Fsp3) is 0.235. The molecule has 134 valence electrons. The summed E-state index contributed by atoms with van der Waals surface area (Å²) in [7, 11) is -3.15. The molecule has 1 aromatic carbocycles. The smallest absolute Gasteiger partial charge is 0.160 e. The Morgan fingerprint density at radius 3 is 2.73 bits per heavy atom. The van der Waals surface area contributed by atoms with E-state index in [0.29, 0.717) is 11.6 Å². The Hall–Kier alpha value is -2.03. The highest BCUT2D eigenvalue weighted by Crippen LogP contribution is 2.35. The van der Waals surface area contributed by atoms with Crippen LogP contribution in [0.5, 0.6) is 0 Å². The molecule has 0 bridgehead atoms. The van der Waals surface area contributed by atoms with Crippen LogP contribution in [0.1, 0.15) is 27.7 Å². The summed E-state index contributed by atoms with van der Waals surface area (Å²) in [6.07, 6.45) is 1.23. The predicted molar refractivity (Wildman–Crippen MR) is 103 cm³/mol. The molecule has 1 aliphatic heterocycles. The summed E-state index contributed by atoms with van der Waals surface area (Å²) in [5.74, 6) is 1.44. The molecule has 1 aliphatic rings. The van der Waals surface area contributed by atoms with Crippen molar-refractivity contribution < 1.29 is 8.42 Å². The molecule has 0 radical (unpaired) electrons. The van der Waals surface area contributed by atoms with Gasteiger partial charge in [0.2, 0.25) is 0 Å². The normalized spacial score (nSPS) is 13.7. The van der Waals surface area contributed by atoms with E-state index in [1.165, 1.54) is 17.6 Å². The number of rotatable bonds is 3. The molecule has 4 rings (SSSR count). The standard InChI is InChI=1S/C17H15ClN4O2S2/c1-10-20-21-15-8-19-16(12-5-3-4-6-14(12)18)13-7-11(9-26(2,23)24)25-17(13)22(10)15/h3-7H,8-9H2,1-2H3. The summed E-state index contributed by atoms with van der Waals surface area (Å²) < 4.78 is 25.5. The minimum Gasteiger partial charge on any atom is -0.276 e. The van der Waals surface area contributed by atoms with Crippen molar-refractivity contribution in [2.45, 2.75) is 19.2 Å². The number of aliphatic imine (C=N–C) groups is 1. The number of halogens is 1. The van der Waals surface area contributed by atoms with Gasteiger partial charge in [0.15, 0.2) is 15.7 Å². The number of nitrogens with zero attached hydrogens (tertiary/aromatic N) is 4. The highest BCUT2D eigenvalue weighted by molar-refractivity contribution is 7.90. The van der Waals surface area contributed by atoms with Crippen molar-refractivity contribution in [3.63, 3.8) is 0 Å². The monoisotopic (exact) mass is 406 g/mol. The molecule has 0 saturated carbocycles. The Morgan fingerprint density at radius 2 is 2.00 bits per heavy atom. The van der Waals surface area contributed by atoms with E-state index >= 15 is 0 Å². The lowest BCUT2D eigenvalue weighted by Crippen LogP contribution is -2.06. The number of sulfone groups is 1. The van der Waals surface area contributed by atoms with Crippen LogP contribution in [-0.2, 0) is 22.1 Å². The van der Waals surface area contributed by atoms with E-state index in [2.05, 4.69) is 10.2 Å². The summed E-state index contributed by atoms with van der Waals surface area (Å²) in [6.45, 7) is 2.25. The van der Waals surface area contributed by atoms with E-state index in [-0.39, 0.29) is 5.75 Å². The third kappa shape index (κ3) is 3.08. The average Bonchev–Trinajstić information content (AvgIpc) is 3.07. The van der Waals surface area contributed by atoms with Crippen LogP contribution in [0.15, 0.2) is 35.3 Å². The van der Waals surface area contributed by atoms with E-state index < -0.39 is 9.84 Å². The van der Waals surface area contributed by atoms with Gasteiger partial charge >= 0.3 is 0 Å². The van der Waals surface area contributed by atoms with Gasteiger partial charge in [0.25, 0.3) is 0 Å². The Labute approximate surface area is 160 Å². The molecule has 0 spiro atoms. The maximum atomic E-state index is 11.8. The predicted octanol–water partition coefficient (Wildman–Crippen LogP) is 3.19. The van der Waals surface area contributed by atoms with Crippen LogP contribution in [0.3, 0.4) is 0 Å². The average molecular weight is 407 g/mol. The molecule has 3 heterocycles. The van der Waals surface area contributed by atoms with E-state index in [0.717, 1.165) is 38.4 Å². The summed E-state index contributed by atoms with van der Waals surface area (Å²) in [5, 5.41) is 9.83. The minimum absolute atomic E-state index is 0.0169. The van der Waals surface area contributed by atoms with E-state index in [9.17, 15) is 8.42 Å². The summed E-state index contributed by atoms with van der Waals surface area (Å²) in [5.41, 5.74) is 2.41. The Morgan fingerprint density at radius 1 is 1.23 bits per heavy atom. The Bertz CT molecular complexity index is 1150. The summed E-state index contributed by atoms with van der Waals surface area (Å²) >= 11 is 7.82. The van der Waals surface area contributed by atoms with Crippen LogP contribution in [0, 0.1) is 6.92 Å². The van der Waals surface area contributed by atoms with Gasteiger partial charge in [0.05, 0.1) is 11.5 Å². The molecule has 0 N–H and O–H groups in total. The van der Waals surface area contributed by atoms with Gasteiger partial charge in [0.1, 0.15) is 17.4 Å². The maximum absolute atomic E-state index is 11.8. The van der Waals surface area contributed by atoms with Gasteiger partial charge < -0.3 is 0 Å². The highest BCUT2D eigenvalue weighted by Gasteiger charge is 2.26. The van der Waals surface area contributed by atoms with Gasteiger partial charge in [-0.3, -0.25) is 9.56 Å². The summed E-state index contributed by atoms with van der Waals surface area (Å²) in [4.78, 5) is 5.47. The topological polar surface area (TPSA) is 77.2 Å². The lowest BCUT2D eigenvalue weighted by Gasteiger charge is -2.08. The molecule has 0 saturated heterocycles. The van der Waals surface area contributed by atoms with Gasteiger partial charge in [-0.2, -0.15) is 0 Å². The first-order chi connectivity index (χ1) is 12.3. The number of fused-ring (bicyclic) bond motifs is 3. The van der Waals surface area contributed by atoms with E-state index in [4.69, 9.17) is 16.6 Å². The second-order valence-electron chi connectivity index (χ2n) is 6.15. The fourth-order valence-electron chi connectivity index (χ4n) is 2.99. The fourth-order valence-corrected chi connectivity index (χ4v) is 5.71. The van der Waals surface area contributed by atoms with Crippen molar-refractivity contribution in [3.05, 3.63) is 63.0 Å². The molecule has 0 fully saturated rings. The molecule has 0 atom stereocenters. The van der Waals surface area contributed by atoms with Crippen LogP contribution < -0.4 is 0 Å². The maximum Gasteiger partial charge on any atom is 0.160 e. The van der Waals surface area contributed by atoms with Gasteiger partial charge in [-0.15, -0.1) is 21.5 Å². The number of aryl methyl sites for hydroxylation is 1. The van der Waals surface area contributed by atoms with Crippen LogP contribution in [0.25, 0.3) is 5.00 Å². The van der Waals surface area contributed by atoms with Crippen molar-refractivity contribution >= 4 is 38.5 Å². The molecule has 0 unspecified atom stereocenters. The number of aromatic nitrogens is 3. The van der Waals surface area contributed by atoms with E-state index in [1.54, 1.807) is 0 Å². The third-order valence-corrected chi connectivity index (χ3v) is 6.49. The molecule has 6 nitrogen and oxygen atoms in total. The lowest BCUT2D eigenvalue weighted by molar-refractivity contribution is 0.601. The van der Waals surface area contributed by atoms with Gasteiger partial charge in [-0.25, -0.2) is 8.42 Å². The molecule has 0 amide bonds. The van der Waals surface area contributed by atoms with E-state index in [1.807, 2.05) is 41.8 Å². The van der Waals surface area contributed by atoms with Crippen molar-refractivity contribution in [2.24, 2.45) is 4.99 Å². The SMILES string of the molecule is Cc1nnc2n1-c1sc(CS(C)(=O)=O)cc1C(c1ccccc1Cl)=NC2. The molecule has 26 heavy (non-hydrogen) atoms. The van der Waals surface area contributed by atoms with Crippen molar-refractivity contribution in [2.75, 3.05) is 6.26 Å².